The molecule has 0 bridgehead atoms. The van der Waals surface area contributed by atoms with Crippen LogP contribution in [0, 0.1) is 11.6 Å². The van der Waals surface area contributed by atoms with Crippen LogP contribution in [0.4, 0.5) is 13.9 Å². The third kappa shape index (κ3) is 16.4. The van der Waals surface area contributed by atoms with Gasteiger partial charge in [-0.2, -0.15) is 0 Å². The maximum Gasteiger partial charge on any atom is 0.187 e. The van der Waals surface area contributed by atoms with Crippen LogP contribution in [0.3, 0.4) is 0 Å². The van der Waals surface area contributed by atoms with Gasteiger partial charge in [0.25, 0.3) is 0 Å². The summed E-state index contributed by atoms with van der Waals surface area (Å²) in [5, 5.41) is 16.7. The van der Waals surface area contributed by atoms with E-state index in [4.69, 9.17) is 38.1 Å². The highest BCUT2D eigenvalue weighted by Crippen LogP contribution is 2.33. The third-order valence-electron chi connectivity index (χ3n) is 9.45. The number of benzene rings is 3. The summed E-state index contributed by atoms with van der Waals surface area (Å²) in [5.41, 5.74) is 1.56. The van der Waals surface area contributed by atoms with E-state index in [1.165, 1.54) is 24.3 Å². The molecule has 62 heavy (non-hydrogen) atoms. The van der Waals surface area contributed by atoms with Crippen LogP contribution in [0.2, 0.25) is 0 Å². The van der Waals surface area contributed by atoms with Crippen molar-refractivity contribution in [1.82, 2.24) is 24.8 Å². The fraction of sp³-hybridized carbons (Fsp3) is 0.442. The van der Waals surface area contributed by atoms with E-state index in [1.807, 2.05) is 16.1 Å². The van der Waals surface area contributed by atoms with E-state index < -0.39 is 6.10 Å². The van der Waals surface area contributed by atoms with Crippen molar-refractivity contribution < 1.29 is 47.0 Å². The largest absolute Gasteiger partial charge is 0.491 e. The minimum absolute atomic E-state index is 0.0448. The average molecular weight is 1010 g/mol. The maximum atomic E-state index is 13.4. The first kappa shape index (κ1) is 47.7. The molecule has 0 radical (unpaired) electrons. The molecule has 1 aliphatic heterocycles. The molecule has 5 aromatic rings. The Balaban J connectivity index is 0.736. The summed E-state index contributed by atoms with van der Waals surface area (Å²) >= 11 is 8.52. The van der Waals surface area contributed by atoms with Gasteiger partial charge >= 0.3 is 0 Å². The Labute approximate surface area is 381 Å². The average Bonchev–Trinajstić information content (AvgIpc) is 3.91. The summed E-state index contributed by atoms with van der Waals surface area (Å²) in [6.07, 6.45) is 1.12. The summed E-state index contributed by atoms with van der Waals surface area (Å²) in [6.45, 7) is 9.99. The topological polar surface area (TPSA) is 134 Å². The standard InChI is InChI=1S/C43H52Br2F2N6O8S/c44-40-27-53(42(45)49-40)41-31-62-43(50-41)52-14-12-51(13-15-52)16-18-56-20-22-58-24-23-57-21-19-55-17-11-48-26-36(54)30-59-37-9-10-38(60-28-32-1-5-34(46)6-2-32)39(25-37)61-29-33-3-7-35(47)8-4-33/h1-10,25,27,31,36,48,54H,11-24,26,28-30H2. The Morgan fingerprint density at radius 1 is 0.710 bits per heavy atom. The predicted molar refractivity (Wildman–Crippen MR) is 239 cm³/mol. The van der Waals surface area contributed by atoms with E-state index in [-0.39, 0.29) is 31.5 Å². The molecule has 1 saturated heterocycles. The Morgan fingerprint density at radius 3 is 1.92 bits per heavy atom. The molecule has 14 nitrogen and oxygen atoms in total. The number of imidazole rings is 1. The van der Waals surface area contributed by atoms with Crippen molar-refractivity contribution in [3.8, 4) is 23.1 Å². The molecule has 2 N–H and O–H groups in total. The van der Waals surface area contributed by atoms with Gasteiger partial charge < -0.3 is 48.5 Å². The summed E-state index contributed by atoms with van der Waals surface area (Å²) < 4.78 is 70.5. The lowest BCUT2D eigenvalue weighted by Crippen LogP contribution is -2.47. The number of hydrogen-bond donors (Lipinski definition) is 2. The van der Waals surface area contributed by atoms with E-state index in [0.717, 1.165) is 59.4 Å². The molecule has 19 heteroatoms. The number of thiazole rings is 1. The zero-order chi connectivity index (χ0) is 43.4. The highest BCUT2D eigenvalue weighted by Gasteiger charge is 2.20. The van der Waals surface area contributed by atoms with Crippen LogP contribution < -0.4 is 24.4 Å². The first-order valence-corrected chi connectivity index (χ1v) is 22.8. The minimum Gasteiger partial charge on any atom is -0.491 e. The molecule has 1 aliphatic rings. The molecule has 0 aliphatic carbocycles. The third-order valence-corrected chi connectivity index (χ3v) is 11.3. The number of ether oxygens (including phenoxy) is 7. The van der Waals surface area contributed by atoms with Gasteiger partial charge in [-0.05, 0) is 79.4 Å². The molecule has 3 heterocycles. The molecule has 0 saturated carbocycles. The normalized spacial score (nSPS) is 13.7. The van der Waals surface area contributed by atoms with Gasteiger partial charge in [-0.1, -0.05) is 24.3 Å². The van der Waals surface area contributed by atoms with Gasteiger partial charge in [0.05, 0.1) is 52.9 Å². The number of halogens is 4. The number of rotatable bonds is 28. The fourth-order valence-corrected chi connectivity index (χ4v) is 8.02. The van der Waals surface area contributed by atoms with Crippen molar-refractivity contribution in [3.63, 3.8) is 0 Å². The molecule has 6 rings (SSSR count). The van der Waals surface area contributed by atoms with Crippen LogP contribution in [0.1, 0.15) is 11.1 Å². The van der Waals surface area contributed by atoms with Crippen molar-refractivity contribution in [2.24, 2.45) is 0 Å². The quantitative estimate of drug-likeness (QED) is 0.0529. The van der Waals surface area contributed by atoms with E-state index in [1.54, 1.807) is 53.8 Å². The molecule has 336 valence electrons. The lowest BCUT2D eigenvalue weighted by molar-refractivity contribution is -0.00384. The van der Waals surface area contributed by atoms with E-state index in [2.05, 4.69) is 52.0 Å². The van der Waals surface area contributed by atoms with Gasteiger partial charge in [0.1, 0.15) is 47.9 Å². The Hall–Kier alpha value is -3.76. The fourth-order valence-electron chi connectivity index (χ4n) is 6.08. The molecular weight excluding hydrogens is 958 g/mol. The molecule has 1 atom stereocenters. The first-order valence-electron chi connectivity index (χ1n) is 20.3. The van der Waals surface area contributed by atoms with E-state index >= 15 is 0 Å². The second kappa shape index (κ2) is 26.1. The number of nitrogens with zero attached hydrogens (tertiary/aromatic N) is 5. The number of aliphatic hydroxyl groups excluding tert-OH is 1. The molecule has 1 fully saturated rings. The molecule has 1 unspecified atom stereocenters. The van der Waals surface area contributed by atoms with Crippen molar-refractivity contribution in [2.75, 3.05) is 110 Å². The predicted octanol–water partition coefficient (Wildman–Crippen LogP) is 6.51. The molecule has 2 aromatic heterocycles. The molecular formula is C43H52Br2F2N6O8S. The zero-order valence-electron chi connectivity index (χ0n) is 34.3. The first-order chi connectivity index (χ1) is 30.3. The number of aliphatic hydroxyl groups is 1. The van der Waals surface area contributed by atoms with Gasteiger partial charge in [0.15, 0.2) is 27.2 Å². The van der Waals surface area contributed by atoms with Gasteiger partial charge in [-0.25, -0.2) is 18.7 Å². The van der Waals surface area contributed by atoms with Gasteiger partial charge in [0.2, 0.25) is 0 Å². The van der Waals surface area contributed by atoms with Crippen molar-refractivity contribution >= 4 is 48.3 Å². The van der Waals surface area contributed by atoms with Gasteiger partial charge in [-0.3, -0.25) is 9.47 Å². The Morgan fingerprint density at radius 2 is 1.31 bits per heavy atom. The van der Waals surface area contributed by atoms with Crippen LogP contribution in [0.25, 0.3) is 5.82 Å². The highest BCUT2D eigenvalue weighted by molar-refractivity contribution is 9.11. The second-order valence-corrected chi connectivity index (χ2v) is 16.4. The van der Waals surface area contributed by atoms with Crippen LogP contribution in [0.5, 0.6) is 17.2 Å². The number of aromatic nitrogens is 3. The zero-order valence-corrected chi connectivity index (χ0v) is 38.3. The summed E-state index contributed by atoms with van der Waals surface area (Å²) in [5.74, 6) is 1.53. The van der Waals surface area contributed by atoms with Gasteiger partial charge in [-0.15, -0.1) is 11.3 Å². The summed E-state index contributed by atoms with van der Waals surface area (Å²) in [6, 6.07) is 17.2. The SMILES string of the molecule is OC(CNCCOCCOCCOCCOCCN1CCN(c2nc(-n3cc(Br)nc3Br)cs2)CC1)COc1ccc(OCc2ccc(F)cc2)c(OCc2ccc(F)cc2)c1. The summed E-state index contributed by atoms with van der Waals surface area (Å²) in [4.78, 5) is 13.9. The number of hydrogen-bond acceptors (Lipinski definition) is 14. The highest BCUT2D eigenvalue weighted by atomic mass is 79.9. The molecule has 3 aromatic carbocycles. The lowest BCUT2D eigenvalue weighted by Gasteiger charge is -2.34. The summed E-state index contributed by atoms with van der Waals surface area (Å²) in [7, 11) is 0. The van der Waals surface area contributed by atoms with E-state index in [9.17, 15) is 13.9 Å². The van der Waals surface area contributed by atoms with Crippen molar-refractivity contribution in [1.29, 1.82) is 0 Å². The Bertz CT molecular complexity index is 2040. The molecule has 0 spiro atoms. The van der Waals surface area contributed by atoms with Crippen molar-refractivity contribution in [3.05, 3.63) is 110 Å². The van der Waals surface area contributed by atoms with E-state index in [0.29, 0.717) is 87.9 Å². The maximum absolute atomic E-state index is 13.4. The second-order valence-electron chi connectivity index (χ2n) is 14.1. The number of piperazine rings is 1. The van der Waals surface area contributed by atoms with Crippen LogP contribution in [0.15, 0.2) is 87.6 Å². The number of nitrogens with one attached hydrogen (secondary N) is 1. The lowest BCUT2D eigenvalue weighted by atomic mass is 10.2. The van der Waals surface area contributed by atoms with Crippen LogP contribution in [-0.2, 0) is 32.2 Å². The Kier molecular flexibility index (Phi) is 20.1. The molecule has 0 amide bonds. The monoisotopic (exact) mass is 1010 g/mol. The van der Waals surface area contributed by atoms with Gasteiger partial charge in [0, 0.05) is 63.5 Å². The van der Waals surface area contributed by atoms with Crippen LogP contribution in [-0.4, -0.2) is 136 Å². The minimum atomic E-state index is -0.770. The van der Waals surface area contributed by atoms with Crippen LogP contribution >= 0.6 is 43.2 Å². The smallest absolute Gasteiger partial charge is 0.187 e. The van der Waals surface area contributed by atoms with Crippen molar-refractivity contribution in [2.45, 2.75) is 19.3 Å². The number of anilines is 1.